The first-order valence-electron chi connectivity index (χ1n) is 12.0. The fraction of sp³-hybridized carbons (Fsp3) is 0.100. The first kappa shape index (κ1) is 25.8. The van der Waals surface area contributed by atoms with E-state index in [-0.39, 0.29) is 11.3 Å². The molecular weight excluding hydrogens is 516 g/mol. The van der Waals surface area contributed by atoms with Crippen molar-refractivity contribution in [3.63, 3.8) is 0 Å². The zero-order valence-corrected chi connectivity index (χ0v) is 22.0. The van der Waals surface area contributed by atoms with Gasteiger partial charge in [-0.25, -0.2) is 5.43 Å². The number of halogens is 1. The summed E-state index contributed by atoms with van der Waals surface area (Å²) in [6.07, 6.45) is 3.36. The average Bonchev–Trinajstić information content (AvgIpc) is 3.35. The van der Waals surface area contributed by atoms with Crippen LogP contribution in [0.3, 0.4) is 0 Å². The van der Waals surface area contributed by atoms with Crippen molar-refractivity contribution >= 4 is 34.5 Å². The highest BCUT2D eigenvalue weighted by Crippen LogP contribution is 2.33. The number of phenolic OH excluding ortho intramolecular Hbond substituents is 1. The number of aromatic hydroxyl groups is 1. The van der Waals surface area contributed by atoms with Gasteiger partial charge in [0.1, 0.15) is 11.4 Å². The molecule has 0 saturated heterocycles. The van der Waals surface area contributed by atoms with Gasteiger partial charge in [-0.05, 0) is 52.7 Å². The lowest BCUT2D eigenvalue weighted by Crippen LogP contribution is -2.18. The van der Waals surface area contributed by atoms with Gasteiger partial charge in [0.15, 0.2) is 11.5 Å². The number of hydrazone groups is 1. The summed E-state index contributed by atoms with van der Waals surface area (Å²) in [5.74, 6) is 0.508. The van der Waals surface area contributed by atoms with Gasteiger partial charge in [-0.3, -0.25) is 9.48 Å². The lowest BCUT2D eigenvalue weighted by Gasteiger charge is -2.09. The molecule has 0 aliphatic carbocycles. The quantitative estimate of drug-likeness (QED) is 0.189. The van der Waals surface area contributed by atoms with Crippen molar-refractivity contribution in [3.8, 4) is 28.5 Å². The summed E-state index contributed by atoms with van der Waals surface area (Å²) in [5, 5.41) is 21.5. The SMILES string of the molecule is COc1ccc(-c2nn(Cc3ccc(Cl)cc3)cc2/C=N\NC(=O)c2c(O)ccc3ccccc23)cc1OC. The fourth-order valence-corrected chi connectivity index (χ4v) is 4.44. The molecule has 5 rings (SSSR count). The molecule has 39 heavy (non-hydrogen) atoms. The minimum absolute atomic E-state index is 0.122. The van der Waals surface area contributed by atoms with Gasteiger partial charge in [-0.2, -0.15) is 10.2 Å². The number of nitrogens with one attached hydrogen (secondary N) is 1. The fourth-order valence-electron chi connectivity index (χ4n) is 4.31. The Hall–Kier alpha value is -4.82. The van der Waals surface area contributed by atoms with Gasteiger partial charge in [0, 0.05) is 22.3 Å². The number of nitrogens with zero attached hydrogens (tertiary/aromatic N) is 3. The second-order valence-corrected chi connectivity index (χ2v) is 9.14. The largest absolute Gasteiger partial charge is 0.507 e. The lowest BCUT2D eigenvalue weighted by atomic mass is 10.0. The summed E-state index contributed by atoms with van der Waals surface area (Å²) in [5.41, 5.74) is 5.79. The van der Waals surface area contributed by atoms with Crippen molar-refractivity contribution in [1.82, 2.24) is 15.2 Å². The van der Waals surface area contributed by atoms with Crippen LogP contribution in [0, 0.1) is 0 Å². The predicted molar refractivity (Wildman–Crippen MR) is 152 cm³/mol. The Labute approximate surface area is 230 Å². The summed E-state index contributed by atoms with van der Waals surface area (Å²) in [6, 6.07) is 23.6. The maximum atomic E-state index is 13.0. The Morgan fingerprint density at radius 3 is 2.56 bits per heavy atom. The third-order valence-electron chi connectivity index (χ3n) is 6.21. The van der Waals surface area contributed by atoms with E-state index < -0.39 is 5.91 Å². The van der Waals surface area contributed by atoms with Crippen molar-refractivity contribution < 1.29 is 19.4 Å². The molecule has 0 aliphatic rings. The Balaban J connectivity index is 1.47. The number of ether oxygens (including phenoxy) is 2. The summed E-state index contributed by atoms with van der Waals surface area (Å²) in [7, 11) is 3.15. The lowest BCUT2D eigenvalue weighted by molar-refractivity contribution is 0.0954. The minimum Gasteiger partial charge on any atom is -0.507 e. The smallest absolute Gasteiger partial charge is 0.275 e. The van der Waals surface area contributed by atoms with Gasteiger partial charge in [-0.1, -0.05) is 54.1 Å². The Kier molecular flexibility index (Phi) is 7.47. The van der Waals surface area contributed by atoms with E-state index in [9.17, 15) is 9.90 Å². The molecule has 0 saturated carbocycles. The maximum absolute atomic E-state index is 13.0. The van der Waals surface area contributed by atoms with Gasteiger partial charge >= 0.3 is 0 Å². The van der Waals surface area contributed by atoms with E-state index in [4.69, 9.17) is 26.2 Å². The molecule has 2 N–H and O–H groups in total. The van der Waals surface area contributed by atoms with E-state index in [1.54, 1.807) is 37.1 Å². The van der Waals surface area contributed by atoms with Crippen LogP contribution in [-0.2, 0) is 6.54 Å². The third kappa shape index (κ3) is 5.56. The van der Waals surface area contributed by atoms with Crippen molar-refractivity contribution in [3.05, 3.63) is 107 Å². The van der Waals surface area contributed by atoms with Gasteiger partial charge in [0.05, 0.1) is 32.5 Å². The molecule has 9 heteroatoms. The highest BCUT2D eigenvalue weighted by atomic mass is 35.5. The van der Waals surface area contributed by atoms with E-state index in [0.29, 0.717) is 39.7 Å². The standard InChI is InChI=1S/C30H25ClN4O4/c1-38-26-14-10-21(15-27(26)39-2)29-22(18-35(34-29)17-19-7-11-23(31)12-8-19)16-32-33-30(37)28-24-6-4-3-5-20(24)9-13-25(28)36/h3-16,18,36H,17H2,1-2H3,(H,33,37)/b32-16-. The highest BCUT2D eigenvalue weighted by Gasteiger charge is 2.16. The number of aromatic nitrogens is 2. The second kappa shape index (κ2) is 11.3. The number of amides is 1. The van der Waals surface area contributed by atoms with Crippen LogP contribution in [0.2, 0.25) is 5.02 Å². The van der Waals surface area contributed by atoms with Crippen molar-refractivity contribution in [1.29, 1.82) is 0 Å². The van der Waals surface area contributed by atoms with Crippen LogP contribution in [0.4, 0.5) is 0 Å². The topological polar surface area (TPSA) is 98.0 Å². The number of rotatable bonds is 8. The van der Waals surface area contributed by atoms with E-state index in [0.717, 1.165) is 16.5 Å². The highest BCUT2D eigenvalue weighted by molar-refractivity contribution is 6.30. The van der Waals surface area contributed by atoms with E-state index >= 15 is 0 Å². The van der Waals surface area contributed by atoms with E-state index in [2.05, 4.69) is 10.5 Å². The Bertz CT molecular complexity index is 1680. The van der Waals surface area contributed by atoms with Crippen molar-refractivity contribution in [2.45, 2.75) is 6.54 Å². The maximum Gasteiger partial charge on any atom is 0.275 e. The van der Waals surface area contributed by atoms with Crippen LogP contribution in [0.1, 0.15) is 21.5 Å². The van der Waals surface area contributed by atoms with Gasteiger partial charge in [0.2, 0.25) is 0 Å². The summed E-state index contributed by atoms with van der Waals surface area (Å²) >= 11 is 6.03. The van der Waals surface area contributed by atoms with Crippen molar-refractivity contribution in [2.24, 2.45) is 5.10 Å². The van der Waals surface area contributed by atoms with Gasteiger partial charge in [-0.15, -0.1) is 0 Å². The first-order valence-corrected chi connectivity index (χ1v) is 12.4. The number of benzene rings is 4. The zero-order chi connectivity index (χ0) is 27.4. The molecule has 196 valence electrons. The van der Waals surface area contributed by atoms with Crippen LogP contribution in [0.5, 0.6) is 17.2 Å². The molecule has 0 atom stereocenters. The second-order valence-electron chi connectivity index (χ2n) is 8.71. The van der Waals surface area contributed by atoms with Gasteiger partial charge in [0.25, 0.3) is 5.91 Å². The molecule has 1 aromatic heterocycles. The first-order chi connectivity index (χ1) is 19.0. The van der Waals surface area contributed by atoms with E-state index in [1.165, 1.54) is 12.3 Å². The minimum atomic E-state index is -0.526. The number of fused-ring (bicyclic) bond motifs is 1. The summed E-state index contributed by atoms with van der Waals surface area (Å²) < 4.78 is 12.6. The molecular formula is C30H25ClN4O4. The number of hydrogen-bond donors (Lipinski definition) is 2. The molecule has 1 heterocycles. The monoisotopic (exact) mass is 540 g/mol. The predicted octanol–water partition coefficient (Wildman–Crippen LogP) is 5.89. The summed E-state index contributed by atoms with van der Waals surface area (Å²) in [6.45, 7) is 0.502. The number of carbonyl (C=O) groups excluding carboxylic acids is 1. The molecule has 0 radical (unpaired) electrons. The van der Waals surface area contributed by atoms with Crippen LogP contribution in [0.15, 0.2) is 90.2 Å². The van der Waals surface area contributed by atoms with Gasteiger partial charge < -0.3 is 14.6 Å². The van der Waals surface area contributed by atoms with Crippen LogP contribution in [-0.4, -0.2) is 41.2 Å². The molecule has 8 nitrogen and oxygen atoms in total. The molecule has 0 unspecified atom stereocenters. The molecule has 4 aromatic carbocycles. The molecule has 0 fully saturated rings. The van der Waals surface area contributed by atoms with Crippen LogP contribution < -0.4 is 14.9 Å². The van der Waals surface area contributed by atoms with E-state index in [1.807, 2.05) is 60.8 Å². The zero-order valence-electron chi connectivity index (χ0n) is 21.3. The third-order valence-corrected chi connectivity index (χ3v) is 6.46. The normalized spacial score (nSPS) is 11.2. The summed E-state index contributed by atoms with van der Waals surface area (Å²) in [4.78, 5) is 13.0. The number of phenols is 1. The molecule has 5 aromatic rings. The molecule has 0 aliphatic heterocycles. The van der Waals surface area contributed by atoms with Crippen molar-refractivity contribution in [2.75, 3.05) is 14.2 Å². The molecule has 1 amide bonds. The molecule has 0 bridgehead atoms. The molecule has 0 spiro atoms. The average molecular weight is 541 g/mol. The van der Waals surface area contributed by atoms with Crippen LogP contribution in [0.25, 0.3) is 22.0 Å². The van der Waals surface area contributed by atoms with Crippen LogP contribution >= 0.6 is 11.6 Å². The Morgan fingerprint density at radius 2 is 1.79 bits per heavy atom. The number of methoxy groups -OCH3 is 2. The number of hydrogen-bond acceptors (Lipinski definition) is 6. The number of carbonyl (C=O) groups is 1. The Morgan fingerprint density at radius 1 is 1.03 bits per heavy atom.